The summed E-state index contributed by atoms with van der Waals surface area (Å²) in [6.45, 7) is 1.57. The van der Waals surface area contributed by atoms with Gasteiger partial charge in [-0.15, -0.1) is 0 Å². The maximum absolute atomic E-state index is 8.45. The van der Waals surface area contributed by atoms with Crippen LogP contribution >= 0.6 is 0 Å². The third-order valence-electron chi connectivity index (χ3n) is 0.951. The average Bonchev–Trinajstić information content (AvgIpc) is 1.85. The van der Waals surface area contributed by atoms with Gasteiger partial charge in [0.15, 0.2) is 5.57 Å². The van der Waals surface area contributed by atoms with E-state index in [-0.39, 0.29) is 5.57 Å². The molecule has 0 atom stereocenters. The van der Waals surface area contributed by atoms with Gasteiger partial charge >= 0.3 is 0 Å². The molecular formula is C7H10N4S. The molecule has 12 heavy (non-hydrogen) atoms. The minimum Gasteiger partial charge on any atom is -0.270 e. The summed E-state index contributed by atoms with van der Waals surface area (Å²) >= 11 is 0. The smallest absolute Gasteiger partial charge is 0.151 e. The second-order valence-corrected chi connectivity index (χ2v) is 5.28. The van der Waals surface area contributed by atoms with Gasteiger partial charge in [0.25, 0.3) is 0 Å². The molecule has 1 N–H and O–H groups in total. The fraction of sp³-hybridized carbons (Fsp3) is 0.429. The van der Waals surface area contributed by atoms with Crippen molar-refractivity contribution in [1.29, 1.82) is 15.3 Å². The van der Waals surface area contributed by atoms with Crippen LogP contribution in [0.2, 0.25) is 0 Å². The number of nitriles is 2. The van der Waals surface area contributed by atoms with Crippen molar-refractivity contribution in [2.45, 2.75) is 6.92 Å². The van der Waals surface area contributed by atoms with Gasteiger partial charge in [0, 0.05) is 12.5 Å². The molecular weight excluding hydrogens is 172 g/mol. The molecule has 0 fully saturated rings. The zero-order chi connectivity index (χ0) is 9.78. The van der Waals surface area contributed by atoms with Crippen molar-refractivity contribution in [3.05, 3.63) is 11.3 Å². The van der Waals surface area contributed by atoms with Crippen molar-refractivity contribution in [3.8, 4) is 12.1 Å². The molecule has 0 saturated carbocycles. The summed E-state index contributed by atoms with van der Waals surface area (Å²) in [4.78, 5) is 0. The van der Waals surface area contributed by atoms with Crippen molar-refractivity contribution < 1.29 is 0 Å². The van der Waals surface area contributed by atoms with Crippen LogP contribution in [0.25, 0.3) is 0 Å². The second kappa shape index (κ2) is 3.89. The fourth-order valence-corrected chi connectivity index (χ4v) is 1.35. The lowest BCUT2D eigenvalue weighted by atomic mass is 10.3. The minimum absolute atomic E-state index is 0.0113. The molecule has 5 heteroatoms. The van der Waals surface area contributed by atoms with Gasteiger partial charge in [0.05, 0.1) is 5.70 Å². The predicted octanol–water partition coefficient (Wildman–Crippen LogP) is 1.67. The number of rotatable bonds is 1. The summed E-state index contributed by atoms with van der Waals surface area (Å²) < 4.78 is 11.4. The first-order chi connectivity index (χ1) is 5.40. The Morgan fingerprint density at radius 1 is 1.33 bits per heavy atom. The number of hydrogen-bond acceptors (Lipinski definition) is 4. The van der Waals surface area contributed by atoms with Crippen molar-refractivity contribution in [2.24, 2.45) is 4.36 Å². The van der Waals surface area contributed by atoms with Gasteiger partial charge in [-0.2, -0.15) is 10.5 Å². The maximum atomic E-state index is 8.45. The highest BCUT2D eigenvalue weighted by molar-refractivity contribution is 7.93. The first kappa shape index (κ1) is 10.7. The third-order valence-corrected chi connectivity index (χ3v) is 1.68. The molecule has 0 bridgehead atoms. The van der Waals surface area contributed by atoms with Crippen LogP contribution in [0.3, 0.4) is 0 Å². The molecule has 0 aliphatic rings. The van der Waals surface area contributed by atoms with Crippen molar-refractivity contribution in [2.75, 3.05) is 12.5 Å². The lowest BCUT2D eigenvalue weighted by Gasteiger charge is -1.97. The molecule has 0 aliphatic heterocycles. The first-order valence-corrected chi connectivity index (χ1v) is 5.53. The van der Waals surface area contributed by atoms with Crippen LogP contribution in [0, 0.1) is 27.4 Å². The molecule has 0 amide bonds. The van der Waals surface area contributed by atoms with E-state index >= 15 is 0 Å². The van der Waals surface area contributed by atoms with Gasteiger partial charge in [0.2, 0.25) is 0 Å². The highest BCUT2D eigenvalue weighted by Crippen LogP contribution is 2.05. The topological polar surface area (TPSA) is 83.8 Å². The van der Waals surface area contributed by atoms with Gasteiger partial charge in [-0.3, -0.25) is 4.78 Å². The normalized spacial score (nSPS) is 9.42. The van der Waals surface area contributed by atoms with Crippen LogP contribution in [-0.2, 0) is 9.62 Å². The third kappa shape index (κ3) is 3.75. The number of nitrogens with zero attached hydrogens (tertiary/aromatic N) is 3. The molecule has 64 valence electrons. The first-order valence-electron chi connectivity index (χ1n) is 3.12. The van der Waals surface area contributed by atoms with E-state index in [1.807, 2.05) is 0 Å². The number of hydrogen-bond donors (Lipinski definition) is 1. The van der Waals surface area contributed by atoms with Crippen LogP contribution in [0.1, 0.15) is 6.92 Å². The van der Waals surface area contributed by atoms with Gasteiger partial charge in [-0.1, -0.05) is 9.62 Å². The summed E-state index contributed by atoms with van der Waals surface area (Å²) in [7, 11) is -1.77. The fourth-order valence-electron chi connectivity index (χ4n) is 0.575. The Morgan fingerprint density at radius 3 is 2.00 bits per heavy atom. The zero-order valence-corrected chi connectivity index (χ0v) is 8.07. The summed E-state index contributed by atoms with van der Waals surface area (Å²) in [5.41, 5.74) is 0.345. The Balaban J connectivity index is 5.29. The van der Waals surface area contributed by atoms with E-state index in [1.165, 1.54) is 0 Å². The lowest BCUT2D eigenvalue weighted by Crippen LogP contribution is -1.90. The van der Waals surface area contributed by atoms with E-state index in [2.05, 4.69) is 4.36 Å². The van der Waals surface area contributed by atoms with Crippen LogP contribution in [0.4, 0.5) is 0 Å². The number of nitrogens with one attached hydrogen (secondary N) is 1. The highest BCUT2D eigenvalue weighted by atomic mass is 32.2. The molecule has 4 nitrogen and oxygen atoms in total. The largest absolute Gasteiger partial charge is 0.270 e. The Morgan fingerprint density at radius 2 is 1.75 bits per heavy atom. The van der Waals surface area contributed by atoms with Crippen LogP contribution in [-0.4, -0.2) is 12.5 Å². The zero-order valence-electron chi connectivity index (χ0n) is 7.25. The van der Waals surface area contributed by atoms with E-state index in [4.69, 9.17) is 15.3 Å². The maximum Gasteiger partial charge on any atom is 0.151 e. The Hall–Kier alpha value is -1.33. The summed E-state index contributed by atoms with van der Waals surface area (Å²) in [5, 5.41) is 16.9. The van der Waals surface area contributed by atoms with E-state index in [0.29, 0.717) is 5.70 Å². The van der Waals surface area contributed by atoms with Crippen molar-refractivity contribution in [1.82, 2.24) is 0 Å². The number of allylic oxidation sites excluding steroid dienone is 2. The molecule has 0 aromatic rings. The predicted molar refractivity (Wildman–Crippen MR) is 48.3 cm³/mol. The van der Waals surface area contributed by atoms with Gasteiger partial charge < -0.3 is 0 Å². The van der Waals surface area contributed by atoms with Crippen LogP contribution in [0.5, 0.6) is 0 Å². The summed E-state index contributed by atoms with van der Waals surface area (Å²) in [6, 6.07) is 3.46. The van der Waals surface area contributed by atoms with E-state index in [9.17, 15) is 0 Å². The van der Waals surface area contributed by atoms with E-state index in [0.717, 1.165) is 0 Å². The van der Waals surface area contributed by atoms with E-state index in [1.54, 1.807) is 31.6 Å². The Kier molecular flexibility index (Phi) is 3.46. The molecule has 0 radical (unpaired) electrons. The Labute approximate surface area is 72.7 Å². The monoisotopic (exact) mass is 182 g/mol. The molecule has 0 heterocycles. The molecule has 0 aromatic heterocycles. The van der Waals surface area contributed by atoms with Gasteiger partial charge in [-0.05, 0) is 6.92 Å². The second-order valence-electron chi connectivity index (χ2n) is 2.55. The average molecular weight is 182 g/mol. The highest BCUT2D eigenvalue weighted by Gasteiger charge is 1.98. The van der Waals surface area contributed by atoms with Gasteiger partial charge in [0.1, 0.15) is 12.1 Å². The summed E-state index contributed by atoms with van der Waals surface area (Å²) in [5.74, 6) is 0. The SMILES string of the molecule is CC(N=S(C)(C)=N)=C(C#N)C#N. The summed E-state index contributed by atoms with van der Waals surface area (Å²) in [6.07, 6.45) is 3.34. The van der Waals surface area contributed by atoms with E-state index < -0.39 is 9.62 Å². The molecule has 0 aliphatic carbocycles. The molecule has 0 unspecified atom stereocenters. The van der Waals surface area contributed by atoms with Crippen LogP contribution < -0.4 is 0 Å². The van der Waals surface area contributed by atoms with Crippen molar-refractivity contribution >= 4 is 9.62 Å². The molecule has 0 aromatic carbocycles. The molecule has 0 spiro atoms. The molecule has 0 rings (SSSR count). The van der Waals surface area contributed by atoms with Crippen molar-refractivity contribution in [3.63, 3.8) is 0 Å². The van der Waals surface area contributed by atoms with Crippen LogP contribution in [0.15, 0.2) is 15.6 Å². The minimum atomic E-state index is -1.77. The standard InChI is InChI=1S/C7H10N4S/c1-6(7(4-8)5-9)11-12(2,3)10/h10H,1-3H3. The van der Waals surface area contributed by atoms with Gasteiger partial charge in [-0.25, -0.2) is 4.36 Å². The lowest BCUT2D eigenvalue weighted by molar-refractivity contribution is 1.28. The molecule has 0 saturated heterocycles. The quantitative estimate of drug-likeness (QED) is 0.625. The Bertz CT molecular complexity index is 372.